The van der Waals surface area contributed by atoms with Crippen LogP contribution in [0.4, 0.5) is 0 Å². The van der Waals surface area contributed by atoms with E-state index in [0.717, 1.165) is 0 Å². The molecule has 0 radical (unpaired) electrons. The van der Waals surface area contributed by atoms with E-state index >= 15 is 0 Å². The maximum Gasteiger partial charge on any atom is 0.322 e. The number of nitrogens with two attached hydrogens (primary N) is 3. The van der Waals surface area contributed by atoms with Gasteiger partial charge in [0.05, 0.1) is 6.04 Å². The molecule has 13 heteroatoms. The number of rotatable bonds is 15. The van der Waals surface area contributed by atoms with Crippen LogP contribution < -0.4 is 33.2 Å². The Hall–Kier alpha value is -3.22. The van der Waals surface area contributed by atoms with Crippen molar-refractivity contribution >= 4 is 35.5 Å². The van der Waals surface area contributed by atoms with Crippen molar-refractivity contribution in [2.45, 2.75) is 64.1 Å². The lowest BCUT2D eigenvalue weighted by Crippen LogP contribution is -2.58. The summed E-state index contributed by atoms with van der Waals surface area (Å²) >= 11 is 0. The van der Waals surface area contributed by atoms with Crippen molar-refractivity contribution in [2.24, 2.45) is 23.1 Å². The summed E-state index contributed by atoms with van der Waals surface area (Å²) in [7, 11) is 0. The third-order valence-corrected chi connectivity index (χ3v) is 4.56. The average molecular weight is 444 g/mol. The molecule has 0 aliphatic carbocycles. The summed E-state index contributed by atoms with van der Waals surface area (Å²) in [6.45, 7) is 2.80. The Morgan fingerprint density at radius 1 is 0.871 bits per heavy atom. The first-order valence-electron chi connectivity index (χ1n) is 9.81. The molecular formula is C18H32N6O7. The second-order valence-corrected chi connectivity index (χ2v) is 7.16. The van der Waals surface area contributed by atoms with E-state index in [2.05, 4.69) is 16.0 Å². The first-order valence-corrected chi connectivity index (χ1v) is 9.81. The van der Waals surface area contributed by atoms with Crippen LogP contribution in [0.3, 0.4) is 0 Å². The first kappa shape index (κ1) is 27.8. The third-order valence-electron chi connectivity index (χ3n) is 4.56. The van der Waals surface area contributed by atoms with Crippen LogP contribution in [0.15, 0.2) is 0 Å². The highest BCUT2D eigenvalue weighted by Gasteiger charge is 2.31. The number of aliphatic carboxylic acids is 1. The minimum atomic E-state index is -1.29. The van der Waals surface area contributed by atoms with Gasteiger partial charge in [-0.3, -0.25) is 28.8 Å². The number of nitrogens with one attached hydrogen (secondary N) is 3. The Morgan fingerprint density at radius 2 is 1.42 bits per heavy atom. The molecule has 0 saturated heterocycles. The summed E-state index contributed by atoms with van der Waals surface area (Å²) < 4.78 is 0. The average Bonchev–Trinajstić information content (AvgIpc) is 2.69. The maximum atomic E-state index is 12.8. The number of hydrogen-bond donors (Lipinski definition) is 7. The van der Waals surface area contributed by atoms with Crippen molar-refractivity contribution in [1.82, 2.24) is 16.0 Å². The van der Waals surface area contributed by atoms with E-state index in [-0.39, 0.29) is 31.6 Å². The minimum Gasteiger partial charge on any atom is -0.480 e. The summed E-state index contributed by atoms with van der Waals surface area (Å²) in [4.78, 5) is 70.0. The highest BCUT2D eigenvalue weighted by Crippen LogP contribution is 2.10. The van der Waals surface area contributed by atoms with Crippen LogP contribution in [0.1, 0.15) is 46.0 Å². The van der Waals surface area contributed by atoms with Gasteiger partial charge in [0, 0.05) is 12.8 Å². The molecule has 10 N–H and O–H groups in total. The fraction of sp³-hybridized carbons (Fsp3) is 0.667. The molecule has 4 unspecified atom stereocenters. The van der Waals surface area contributed by atoms with Crippen molar-refractivity contribution in [1.29, 1.82) is 0 Å². The number of carboxylic acids is 1. The van der Waals surface area contributed by atoms with Gasteiger partial charge in [0.1, 0.15) is 18.6 Å². The normalized spacial score (nSPS) is 14.4. The van der Waals surface area contributed by atoms with E-state index in [4.69, 9.17) is 22.3 Å². The molecule has 0 aromatic rings. The zero-order valence-electron chi connectivity index (χ0n) is 17.7. The largest absolute Gasteiger partial charge is 0.480 e. The van der Waals surface area contributed by atoms with Crippen LogP contribution in [-0.2, 0) is 28.8 Å². The van der Waals surface area contributed by atoms with E-state index in [1.165, 1.54) is 0 Å². The van der Waals surface area contributed by atoms with E-state index in [1.54, 1.807) is 13.8 Å². The number of carbonyl (C=O) groups is 6. The maximum absolute atomic E-state index is 12.8. The van der Waals surface area contributed by atoms with E-state index < -0.39 is 60.2 Å². The molecule has 5 amide bonds. The molecule has 0 saturated carbocycles. The van der Waals surface area contributed by atoms with Crippen LogP contribution in [-0.4, -0.2) is 65.3 Å². The molecule has 31 heavy (non-hydrogen) atoms. The molecule has 13 nitrogen and oxygen atoms in total. The van der Waals surface area contributed by atoms with Gasteiger partial charge in [-0.2, -0.15) is 0 Å². The van der Waals surface area contributed by atoms with Crippen LogP contribution in [0.2, 0.25) is 0 Å². The quantitative estimate of drug-likeness (QED) is 0.137. The van der Waals surface area contributed by atoms with Crippen molar-refractivity contribution in [2.75, 3.05) is 6.54 Å². The highest BCUT2D eigenvalue weighted by molar-refractivity contribution is 5.94. The fourth-order valence-electron chi connectivity index (χ4n) is 2.49. The number of hydrogen-bond acceptors (Lipinski definition) is 7. The van der Waals surface area contributed by atoms with Crippen LogP contribution in [0, 0.1) is 5.92 Å². The summed E-state index contributed by atoms with van der Waals surface area (Å²) in [6.07, 6.45) is -0.00969. The van der Waals surface area contributed by atoms with Gasteiger partial charge in [0.15, 0.2) is 0 Å². The number of amides is 5. The lowest BCUT2D eigenvalue weighted by molar-refractivity contribution is -0.139. The molecule has 0 aromatic heterocycles. The minimum absolute atomic E-state index is 0.00512. The molecule has 0 bridgehead atoms. The standard InChI is InChI=1S/C18H32N6O7/c1-3-9(2)15(24-16(29)10(19)4-6-12(20)25)18(31)23-11(5-7-13(21)26)17(30)22-8-14(27)28/h9-11,15H,3-8,19H2,1-2H3,(H2,20,25)(H2,21,26)(H,22,30)(H,23,31)(H,24,29)(H,27,28). The Balaban J connectivity index is 5.32. The lowest BCUT2D eigenvalue weighted by atomic mass is 9.97. The zero-order chi connectivity index (χ0) is 24.1. The second-order valence-electron chi connectivity index (χ2n) is 7.16. The van der Waals surface area contributed by atoms with Crippen molar-refractivity contribution < 1.29 is 33.9 Å². The molecule has 0 fully saturated rings. The van der Waals surface area contributed by atoms with Crippen LogP contribution in [0.5, 0.6) is 0 Å². The van der Waals surface area contributed by atoms with Gasteiger partial charge in [0.25, 0.3) is 0 Å². The molecule has 0 aromatic carbocycles. The Kier molecular flexibility index (Phi) is 12.5. The summed E-state index contributed by atoms with van der Waals surface area (Å²) in [5.41, 5.74) is 15.9. The molecule has 176 valence electrons. The fourth-order valence-corrected chi connectivity index (χ4v) is 2.49. The number of carbonyl (C=O) groups excluding carboxylic acids is 5. The summed E-state index contributed by atoms with van der Waals surface area (Å²) in [5.74, 6) is -5.18. The van der Waals surface area contributed by atoms with Gasteiger partial charge in [-0.25, -0.2) is 0 Å². The van der Waals surface area contributed by atoms with E-state index in [0.29, 0.717) is 6.42 Å². The van der Waals surface area contributed by atoms with Crippen molar-refractivity contribution in [3.8, 4) is 0 Å². The van der Waals surface area contributed by atoms with E-state index in [9.17, 15) is 28.8 Å². The Bertz CT molecular complexity index is 684. The SMILES string of the molecule is CCC(C)C(NC(=O)C(N)CCC(N)=O)C(=O)NC(CCC(N)=O)C(=O)NCC(=O)O. The summed E-state index contributed by atoms with van der Waals surface area (Å²) in [5, 5.41) is 15.8. The second kappa shape index (κ2) is 13.9. The monoisotopic (exact) mass is 444 g/mol. The van der Waals surface area contributed by atoms with Gasteiger partial charge in [-0.15, -0.1) is 0 Å². The lowest BCUT2D eigenvalue weighted by Gasteiger charge is -2.27. The predicted molar refractivity (Wildman–Crippen MR) is 109 cm³/mol. The van der Waals surface area contributed by atoms with E-state index in [1.807, 2.05) is 0 Å². The van der Waals surface area contributed by atoms with Gasteiger partial charge in [-0.05, 0) is 18.8 Å². The van der Waals surface area contributed by atoms with Gasteiger partial charge >= 0.3 is 5.97 Å². The van der Waals surface area contributed by atoms with Gasteiger partial charge in [0.2, 0.25) is 29.5 Å². The smallest absolute Gasteiger partial charge is 0.322 e. The zero-order valence-corrected chi connectivity index (χ0v) is 17.7. The molecular weight excluding hydrogens is 412 g/mol. The summed E-state index contributed by atoms with van der Waals surface area (Å²) in [6, 6.07) is -3.39. The van der Waals surface area contributed by atoms with Gasteiger partial charge in [-0.1, -0.05) is 20.3 Å². The van der Waals surface area contributed by atoms with Gasteiger partial charge < -0.3 is 38.3 Å². The molecule has 0 aliphatic rings. The topological polar surface area (TPSA) is 237 Å². The molecule has 0 spiro atoms. The van der Waals surface area contributed by atoms with Crippen LogP contribution in [0.25, 0.3) is 0 Å². The third kappa shape index (κ3) is 11.5. The number of primary amides is 2. The molecule has 0 aliphatic heterocycles. The number of carboxylic acid groups (broad SMARTS) is 1. The Labute approximate surface area is 179 Å². The molecule has 0 heterocycles. The highest BCUT2D eigenvalue weighted by atomic mass is 16.4. The van der Waals surface area contributed by atoms with Crippen molar-refractivity contribution in [3.05, 3.63) is 0 Å². The van der Waals surface area contributed by atoms with Crippen LogP contribution >= 0.6 is 0 Å². The molecule has 4 atom stereocenters. The van der Waals surface area contributed by atoms with Crippen molar-refractivity contribution in [3.63, 3.8) is 0 Å². The predicted octanol–water partition coefficient (Wildman–Crippen LogP) is -2.94. The first-order chi connectivity index (χ1) is 14.4. The molecule has 0 rings (SSSR count). The Morgan fingerprint density at radius 3 is 1.90 bits per heavy atom.